The van der Waals surface area contributed by atoms with Crippen molar-refractivity contribution in [2.45, 2.75) is 27.3 Å². The highest BCUT2D eigenvalue weighted by Crippen LogP contribution is 2.30. The van der Waals surface area contributed by atoms with Crippen LogP contribution in [0.1, 0.15) is 18.2 Å². The Morgan fingerprint density at radius 1 is 0.897 bits per heavy atom. The molecule has 0 saturated heterocycles. The molecule has 5 aromatic rings. The van der Waals surface area contributed by atoms with Gasteiger partial charge in [-0.05, 0) is 74.4 Å². The largest absolute Gasteiger partial charge is 0.339 e. The second kappa shape index (κ2) is 10.9. The maximum atomic E-state index is 15.0. The van der Waals surface area contributed by atoms with E-state index in [-0.39, 0.29) is 11.2 Å². The molecular formula is C30H30FN7O. The Hall–Kier alpha value is -4.76. The molecule has 3 aromatic heterocycles. The molecule has 198 valence electrons. The molecule has 8 nitrogen and oxygen atoms in total. The van der Waals surface area contributed by atoms with E-state index >= 15 is 0 Å². The first kappa shape index (κ1) is 25.9. The average Bonchev–Trinajstić information content (AvgIpc) is 2.92. The number of para-hydroxylation sites is 1. The number of aryl methyl sites for hydroxylation is 3. The van der Waals surface area contributed by atoms with Gasteiger partial charge >= 0.3 is 0 Å². The number of halogens is 1. The Morgan fingerprint density at radius 2 is 1.69 bits per heavy atom. The van der Waals surface area contributed by atoms with Crippen molar-refractivity contribution in [1.29, 1.82) is 0 Å². The predicted octanol–water partition coefficient (Wildman–Crippen LogP) is 6.26. The van der Waals surface area contributed by atoms with Crippen molar-refractivity contribution in [3.63, 3.8) is 0 Å². The van der Waals surface area contributed by atoms with Crippen LogP contribution < -0.4 is 21.7 Å². The molecular weight excluding hydrogens is 493 g/mol. The Morgan fingerprint density at radius 3 is 2.41 bits per heavy atom. The number of fused-ring (bicyclic) bond motifs is 1. The lowest BCUT2D eigenvalue weighted by atomic mass is 9.99. The zero-order valence-corrected chi connectivity index (χ0v) is 22.3. The van der Waals surface area contributed by atoms with Gasteiger partial charge in [0.25, 0.3) is 5.56 Å². The summed E-state index contributed by atoms with van der Waals surface area (Å²) >= 11 is 0. The predicted molar refractivity (Wildman–Crippen MR) is 156 cm³/mol. The number of hydrazine groups is 2. The molecule has 0 aliphatic rings. The van der Waals surface area contributed by atoms with Crippen LogP contribution in [0.4, 0.5) is 27.3 Å². The maximum absolute atomic E-state index is 15.0. The Bertz CT molecular complexity index is 1680. The Kier molecular flexibility index (Phi) is 7.25. The van der Waals surface area contributed by atoms with Crippen LogP contribution in [0.2, 0.25) is 0 Å². The van der Waals surface area contributed by atoms with Crippen molar-refractivity contribution in [2.75, 3.05) is 23.2 Å². The lowest BCUT2D eigenvalue weighted by Gasteiger charge is -2.22. The van der Waals surface area contributed by atoms with Gasteiger partial charge in [-0.2, -0.15) is 0 Å². The number of hydrogen-bond acceptors (Lipinski definition) is 7. The third-order valence-corrected chi connectivity index (χ3v) is 6.44. The van der Waals surface area contributed by atoms with Crippen LogP contribution in [0.3, 0.4) is 0 Å². The van der Waals surface area contributed by atoms with Crippen LogP contribution in [0.25, 0.3) is 22.0 Å². The number of nitrogens with zero attached hydrogens (tertiary/aromatic N) is 4. The molecule has 0 aliphatic carbocycles. The molecule has 0 saturated carbocycles. The van der Waals surface area contributed by atoms with Crippen molar-refractivity contribution in [2.24, 2.45) is 0 Å². The number of pyridine rings is 3. The van der Waals surface area contributed by atoms with E-state index in [2.05, 4.69) is 26.1 Å². The standard InChI is InChI=1S/C30H30FN7O/c1-5-38-28-16-29(34-23-12-11-20(3)32-18-23)33-17-21(28)14-25(30(38)39)24-15-27(26(31)13-19(24)2)36-37(4)35-22-9-7-6-8-10-22/h6-18,35-36H,5H2,1-4H3,(H,33,34). The van der Waals surface area contributed by atoms with Gasteiger partial charge in [0.15, 0.2) is 0 Å². The molecule has 0 bridgehead atoms. The molecule has 0 atom stereocenters. The molecule has 2 aromatic carbocycles. The molecule has 3 N–H and O–H groups in total. The number of rotatable bonds is 8. The van der Waals surface area contributed by atoms with Crippen LogP contribution in [0.5, 0.6) is 0 Å². The van der Waals surface area contributed by atoms with Crippen molar-refractivity contribution >= 4 is 33.8 Å². The van der Waals surface area contributed by atoms with Gasteiger partial charge in [-0.25, -0.2) is 9.37 Å². The van der Waals surface area contributed by atoms with E-state index in [4.69, 9.17) is 0 Å². The first-order chi connectivity index (χ1) is 18.8. The van der Waals surface area contributed by atoms with Gasteiger partial charge in [-0.1, -0.05) is 18.2 Å². The Balaban J connectivity index is 1.50. The summed E-state index contributed by atoms with van der Waals surface area (Å²) in [5.41, 5.74) is 11.4. The van der Waals surface area contributed by atoms with Crippen LogP contribution >= 0.6 is 0 Å². The van der Waals surface area contributed by atoms with Crippen LogP contribution in [-0.2, 0) is 6.54 Å². The van der Waals surface area contributed by atoms with E-state index in [9.17, 15) is 9.18 Å². The Labute approximate surface area is 226 Å². The number of aromatic nitrogens is 3. The molecule has 39 heavy (non-hydrogen) atoms. The van der Waals surface area contributed by atoms with Gasteiger partial charge in [0.2, 0.25) is 0 Å². The summed E-state index contributed by atoms with van der Waals surface area (Å²) in [4.78, 5) is 22.6. The lowest BCUT2D eigenvalue weighted by Crippen LogP contribution is -2.31. The molecule has 0 unspecified atom stereocenters. The van der Waals surface area contributed by atoms with Gasteiger partial charge in [0.05, 0.1) is 28.8 Å². The summed E-state index contributed by atoms with van der Waals surface area (Å²) in [5.74, 6) is 0.193. The van der Waals surface area contributed by atoms with E-state index in [1.54, 1.807) is 42.1 Å². The van der Waals surface area contributed by atoms with Gasteiger partial charge in [-0.15, -0.1) is 5.12 Å². The van der Waals surface area contributed by atoms with E-state index in [1.165, 1.54) is 6.07 Å². The maximum Gasteiger partial charge on any atom is 0.258 e. The molecule has 0 spiro atoms. The normalized spacial score (nSPS) is 11.1. The second-order valence-corrected chi connectivity index (χ2v) is 9.34. The highest BCUT2D eigenvalue weighted by Gasteiger charge is 2.16. The van der Waals surface area contributed by atoms with Crippen LogP contribution in [0.15, 0.2) is 83.9 Å². The SMILES string of the molecule is CCn1c(=O)c(-c2cc(NN(C)Nc3ccccc3)c(F)cc2C)cc2cnc(Nc3ccc(C)nc3)cc21. The molecule has 0 radical (unpaired) electrons. The summed E-state index contributed by atoms with van der Waals surface area (Å²) in [6, 6.07) is 20.2. The number of benzene rings is 2. The van der Waals surface area contributed by atoms with E-state index in [0.29, 0.717) is 29.1 Å². The summed E-state index contributed by atoms with van der Waals surface area (Å²) in [6.07, 6.45) is 3.48. The molecule has 5 rings (SSSR count). The van der Waals surface area contributed by atoms with E-state index in [1.807, 2.05) is 68.4 Å². The summed E-state index contributed by atoms with van der Waals surface area (Å²) in [5, 5.41) is 5.62. The summed E-state index contributed by atoms with van der Waals surface area (Å²) < 4.78 is 16.7. The van der Waals surface area contributed by atoms with Crippen molar-refractivity contribution < 1.29 is 4.39 Å². The minimum absolute atomic E-state index is 0.157. The molecule has 0 aliphatic heterocycles. The quantitative estimate of drug-likeness (QED) is 0.207. The van der Waals surface area contributed by atoms with Crippen LogP contribution in [0, 0.1) is 19.7 Å². The summed E-state index contributed by atoms with van der Waals surface area (Å²) in [7, 11) is 1.75. The zero-order chi connectivity index (χ0) is 27.5. The van der Waals surface area contributed by atoms with Gasteiger partial charge in [-0.3, -0.25) is 15.2 Å². The number of hydrogen-bond donors (Lipinski definition) is 3. The van der Waals surface area contributed by atoms with Gasteiger partial charge < -0.3 is 15.3 Å². The summed E-state index contributed by atoms with van der Waals surface area (Å²) in [6.45, 7) is 6.12. The van der Waals surface area contributed by atoms with Crippen LogP contribution in [-0.4, -0.2) is 26.7 Å². The lowest BCUT2D eigenvalue weighted by molar-refractivity contribution is 0.478. The topological polar surface area (TPSA) is 87.1 Å². The second-order valence-electron chi connectivity index (χ2n) is 9.34. The molecule has 0 fully saturated rings. The van der Waals surface area contributed by atoms with Crippen molar-refractivity contribution in [1.82, 2.24) is 19.7 Å². The van der Waals surface area contributed by atoms with Gasteiger partial charge in [0, 0.05) is 42.5 Å². The smallest absolute Gasteiger partial charge is 0.258 e. The molecule has 9 heteroatoms. The highest BCUT2D eigenvalue weighted by molar-refractivity contribution is 5.86. The number of nitrogens with one attached hydrogen (secondary N) is 3. The minimum Gasteiger partial charge on any atom is -0.339 e. The fourth-order valence-electron chi connectivity index (χ4n) is 4.50. The third-order valence-electron chi connectivity index (χ3n) is 6.44. The zero-order valence-electron chi connectivity index (χ0n) is 22.3. The van der Waals surface area contributed by atoms with Gasteiger partial charge in [0.1, 0.15) is 11.6 Å². The minimum atomic E-state index is -0.419. The first-order valence-electron chi connectivity index (χ1n) is 12.7. The average molecular weight is 524 g/mol. The number of anilines is 4. The monoisotopic (exact) mass is 523 g/mol. The first-order valence-corrected chi connectivity index (χ1v) is 12.7. The van der Waals surface area contributed by atoms with Crippen molar-refractivity contribution in [3.8, 4) is 11.1 Å². The van der Waals surface area contributed by atoms with Crippen molar-refractivity contribution in [3.05, 3.63) is 107 Å². The van der Waals surface area contributed by atoms with E-state index in [0.717, 1.165) is 28.0 Å². The fraction of sp³-hybridized carbons (Fsp3) is 0.167. The highest BCUT2D eigenvalue weighted by atomic mass is 19.1. The van der Waals surface area contributed by atoms with E-state index < -0.39 is 5.82 Å². The third kappa shape index (κ3) is 5.58. The molecule has 3 heterocycles. The fourth-order valence-corrected chi connectivity index (χ4v) is 4.50. The molecule has 0 amide bonds.